The smallest absolute Gasteiger partial charge is 0.291 e. The molecule has 0 saturated carbocycles. The molecule has 4 aromatic rings. The molecule has 0 radical (unpaired) electrons. The summed E-state index contributed by atoms with van der Waals surface area (Å²) in [5.74, 6) is 0.437. The highest BCUT2D eigenvalue weighted by atomic mass is 79.9. The molecule has 5 rings (SSSR count). The van der Waals surface area contributed by atoms with Crippen LogP contribution in [0.5, 0.6) is 0 Å². The van der Waals surface area contributed by atoms with Gasteiger partial charge >= 0.3 is 0 Å². The average Bonchev–Trinajstić information content (AvgIpc) is 3.30. The van der Waals surface area contributed by atoms with Crippen molar-refractivity contribution in [1.29, 1.82) is 0 Å². The highest BCUT2D eigenvalue weighted by molar-refractivity contribution is 9.10. The quantitative estimate of drug-likeness (QED) is 0.401. The molecule has 30 heavy (non-hydrogen) atoms. The summed E-state index contributed by atoms with van der Waals surface area (Å²) in [6.45, 7) is 4.07. The number of nitrogens with zero attached hydrogens (tertiary/aromatic N) is 1. The van der Waals surface area contributed by atoms with Crippen molar-refractivity contribution in [2.45, 2.75) is 26.4 Å². The van der Waals surface area contributed by atoms with E-state index in [1.54, 1.807) is 23.3 Å². The van der Waals surface area contributed by atoms with Crippen molar-refractivity contribution < 1.29 is 13.6 Å². The summed E-state index contributed by atoms with van der Waals surface area (Å²) in [5, 5.41) is 0.522. The monoisotopic (exact) mass is 463 g/mol. The number of rotatable bonds is 3. The second-order valence-corrected chi connectivity index (χ2v) is 8.51. The third kappa shape index (κ3) is 2.91. The highest BCUT2D eigenvalue weighted by Gasteiger charge is 2.43. The van der Waals surface area contributed by atoms with Crippen LogP contribution in [0.2, 0.25) is 0 Å². The van der Waals surface area contributed by atoms with E-state index in [0.29, 0.717) is 22.3 Å². The van der Waals surface area contributed by atoms with Crippen LogP contribution in [-0.4, -0.2) is 10.8 Å². The topological polar surface area (TPSA) is 63.7 Å². The van der Waals surface area contributed by atoms with Crippen LogP contribution in [0.3, 0.4) is 0 Å². The number of carbonyl (C=O) groups is 1. The average molecular weight is 464 g/mol. The van der Waals surface area contributed by atoms with E-state index in [2.05, 4.69) is 15.9 Å². The van der Waals surface area contributed by atoms with E-state index < -0.39 is 6.04 Å². The molecule has 1 aliphatic rings. The molecule has 2 aromatic carbocycles. The molecule has 0 N–H and O–H groups in total. The first-order chi connectivity index (χ1) is 14.4. The molecule has 1 atom stereocenters. The molecule has 6 heteroatoms. The normalized spacial score (nSPS) is 15.8. The van der Waals surface area contributed by atoms with Crippen LogP contribution in [0.4, 0.5) is 0 Å². The number of benzene rings is 2. The van der Waals surface area contributed by atoms with Gasteiger partial charge in [0.25, 0.3) is 5.91 Å². The predicted octanol–water partition coefficient (Wildman–Crippen LogP) is 5.51. The summed E-state index contributed by atoms with van der Waals surface area (Å²) in [4.78, 5) is 28.6. The molecule has 150 valence electrons. The van der Waals surface area contributed by atoms with E-state index in [4.69, 9.17) is 8.83 Å². The minimum atomic E-state index is -0.549. The van der Waals surface area contributed by atoms with Gasteiger partial charge in [0.15, 0.2) is 5.43 Å². The number of aryl methyl sites for hydroxylation is 2. The lowest BCUT2D eigenvalue weighted by molar-refractivity contribution is 0.0701. The first-order valence-corrected chi connectivity index (χ1v) is 10.4. The van der Waals surface area contributed by atoms with E-state index in [1.807, 2.05) is 50.2 Å². The van der Waals surface area contributed by atoms with E-state index in [-0.39, 0.29) is 23.6 Å². The molecule has 5 nitrogen and oxygen atoms in total. The Bertz CT molecular complexity index is 1340. The maximum absolute atomic E-state index is 13.6. The van der Waals surface area contributed by atoms with Gasteiger partial charge in [-0.25, -0.2) is 0 Å². The van der Waals surface area contributed by atoms with Gasteiger partial charge in [-0.1, -0.05) is 34.1 Å². The Hall–Kier alpha value is -3.12. The summed E-state index contributed by atoms with van der Waals surface area (Å²) in [6, 6.07) is 14.4. The van der Waals surface area contributed by atoms with Crippen molar-refractivity contribution >= 4 is 32.8 Å². The van der Waals surface area contributed by atoms with Gasteiger partial charge < -0.3 is 13.7 Å². The van der Waals surface area contributed by atoms with Crippen LogP contribution >= 0.6 is 15.9 Å². The Labute approximate surface area is 181 Å². The van der Waals surface area contributed by atoms with E-state index >= 15 is 0 Å². The molecule has 1 unspecified atom stereocenters. The Morgan fingerprint density at radius 3 is 2.53 bits per heavy atom. The zero-order valence-corrected chi connectivity index (χ0v) is 18.0. The van der Waals surface area contributed by atoms with Gasteiger partial charge in [-0.05, 0) is 60.9 Å². The molecular weight excluding hydrogens is 446 g/mol. The zero-order chi connectivity index (χ0) is 21.0. The first kappa shape index (κ1) is 18.9. The number of halogens is 1. The number of amides is 1. The Kier molecular flexibility index (Phi) is 4.40. The fourth-order valence-electron chi connectivity index (χ4n) is 4.24. The Balaban J connectivity index is 1.78. The highest BCUT2D eigenvalue weighted by Crippen LogP contribution is 2.39. The number of hydrogen-bond acceptors (Lipinski definition) is 4. The van der Waals surface area contributed by atoms with E-state index in [1.165, 1.54) is 0 Å². The fraction of sp³-hybridized carbons (Fsp3) is 0.167. The SMILES string of the molecule is Cc1cc(C)c2c(=O)c3c(oc2c1)C(=O)N(Cc1ccco1)C3c1ccc(Br)cc1. The van der Waals surface area contributed by atoms with Crippen molar-refractivity contribution in [3.05, 3.63) is 103 Å². The van der Waals surface area contributed by atoms with Crippen LogP contribution in [0.15, 0.2) is 72.9 Å². The fourth-order valence-corrected chi connectivity index (χ4v) is 4.50. The number of carbonyl (C=O) groups excluding carboxylic acids is 1. The van der Waals surface area contributed by atoms with Crippen molar-refractivity contribution in [3.8, 4) is 0 Å². The van der Waals surface area contributed by atoms with E-state index in [9.17, 15) is 9.59 Å². The standard InChI is InChI=1S/C24H18BrNO4/c1-13-10-14(2)19-18(11-13)30-23-20(22(19)27)21(15-5-7-16(25)8-6-15)26(24(23)28)12-17-4-3-9-29-17/h3-11,21H,12H2,1-2H3. The molecule has 1 aliphatic heterocycles. The first-order valence-electron chi connectivity index (χ1n) is 9.61. The maximum atomic E-state index is 13.6. The molecule has 0 bridgehead atoms. The van der Waals surface area contributed by atoms with Crippen LogP contribution in [0.1, 0.15) is 44.6 Å². The summed E-state index contributed by atoms with van der Waals surface area (Å²) < 4.78 is 12.5. The predicted molar refractivity (Wildman–Crippen MR) is 117 cm³/mol. The van der Waals surface area contributed by atoms with Gasteiger partial charge in [0.05, 0.1) is 29.8 Å². The maximum Gasteiger partial charge on any atom is 0.291 e. The number of hydrogen-bond donors (Lipinski definition) is 0. The lowest BCUT2D eigenvalue weighted by atomic mass is 9.97. The van der Waals surface area contributed by atoms with Crippen molar-refractivity contribution in [2.24, 2.45) is 0 Å². The molecule has 0 aliphatic carbocycles. The molecule has 0 saturated heterocycles. The molecule has 0 spiro atoms. The summed E-state index contributed by atoms with van der Waals surface area (Å²) in [6.07, 6.45) is 1.57. The van der Waals surface area contributed by atoms with Gasteiger partial charge in [-0.3, -0.25) is 9.59 Å². The molecular formula is C24H18BrNO4. The van der Waals surface area contributed by atoms with Crippen LogP contribution in [0.25, 0.3) is 11.0 Å². The van der Waals surface area contributed by atoms with Gasteiger partial charge in [-0.15, -0.1) is 0 Å². The number of furan rings is 1. The van der Waals surface area contributed by atoms with Crippen molar-refractivity contribution in [3.63, 3.8) is 0 Å². The van der Waals surface area contributed by atoms with Gasteiger partial charge in [-0.2, -0.15) is 0 Å². The van der Waals surface area contributed by atoms with Crippen LogP contribution < -0.4 is 5.43 Å². The third-order valence-electron chi connectivity index (χ3n) is 5.50. The third-order valence-corrected chi connectivity index (χ3v) is 6.03. The summed E-state index contributed by atoms with van der Waals surface area (Å²) in [7, 11) is 0. The number of fused-ring (bicyclic) bond motifs is 2. The Morgan fingerprint density at radius 2 is 1.83 bits per heavy atom. The van der Waals surface area contributed by atoms with Crippen molar-refractivity contribution in [2.75, 3.05) is 0 Å². The molecule has 3 heterocycles. The lowest BCUT2D eigenvalue weighted by Gasteiger charge is -2.24. The zero-order valence-electron chi connectivity index (χ0n) is 16.4. The van der Waals surface area contributed by atoms with Gasteiger partial charge in [0, 0.05) is 4.47 Å². The second kappa shape index (κ2) is 6.99. The second-order valence-electron chi connectivity index (χ2n) is 7.60. The van der Waals surface area contributed by atoms with E-state index in [0.717, 1.165) is 21.2 Å². The summed E-state index contributed by atoms with van der Waals surface area (Å²) >= 11 is 3.45. The summed E-state index contributed by atoms with van der Waals surface area (Å²) in [5.41, 5.74) is 3.33. The minimum absolute atomic E-state index is 0.108. The van der Waals surface area contributed by atoms with Crippen LogP contribution in [-0.2, 0) is 6.54 Å². The molecule has 0 fully saturated rings. The lowest BCUT2D eigenvalue weighted by Crippen LogP contribution is -2.29. The Morgan fingerprint density at radius 1 is 1.07 bits per heavy atom. The van der Waals surface area contributed by atoms with Gasteiger partial charge in [0.1, 0.15) is 11.3 Å². The van der Waals surface area contributed by atoms with Crippen molar-refractivity contribution in [1.82, 2.24) is 4.90 Å². The largest absolute Gasteiger partial charge is 0.467 e. The van der Waals surface area contributed by atoms with Crippen LogP contribution in [0, 0.1) is 13.8 Å². The molecule has 2 aromatic heterocycles. The van der Waals surface area contributed by atoms with Gasteiger partial charge in [0.2, 0.25) is 5.76 Å². The minimum Gasteiger partial charge on any atom is -0.467 e. The molecule has 1 amide bonds.